The number of fused-ring (bicyclic) bond motifs is 1. The first-order chi connectivity index (χ1) is 11.1. The molecule has 0 spiro atoms. The van der Waals surface area contributed by atoms with Crippen LogP contribution in [0.5, 0.6) is 0 Å². The first-order valence-electron chi connectivity index (χ1n) is 7.44. The number of aromatic nitrogens is 1. The molecule has 0 aliphatic rings. The lowest BCUT2D eigenvalue weighted by molar-refractivity contribution is 0.0527. The summed E-state index contributed by atoms with van der Waals surface area (Å²) in [5.41, 5.74) is 3.84. The molecule has 0 bridgehead atoms. The lowest BCUT2D eigenvalue weighted by atomic mass is 9.95. The van der Waals surface area contributed by atoms with Crippen LogP contribution in [0.3, 0.4) is 0 Å². The highest BCUT2D eigenvalue weighted by Crippen LogP contribution is 2.35. The molecule has 3 nitrogen and oxygen atoms in total. The number of aryl methyl sites for hydroxylation is 1. The van der Waals surface area contributed by atoms with Crippen molar-refractivity contribution >= 4 is 28.5 Å². The van der Waals surface area contributed by atoms with Gasteiger partial charge in [0.25, 0.3) is 0 Å². The van der Waals surface area contributed by atoms with Crippen molar-refractivity contribution in [1.29, 1.82) is 0 Å². The molecule has 0 radical (unpaired) electrons. The summed E-state index contributed by atoms with van der Waals surface area (Å²) in [6.07, 6.45) is 0. The van der Waals surface area contributed by atoms with Crippen molar-refractivity contribution in [2.45, 2.75) is 13.8 Å². The number of hydrogen-bond donors (Lipinski definition) is 0. The Kier molecular flexibility index (Phi) is 4.30. The van der Waals surface area contributed by atoms with Crippen LogP contribution in [-0.2, 0) is 4.74 Å². The predicted octanol–water partition coefficient (Wildman–Crippen LogP) is 5.04. The number of pyridine rings is 1. The number of ether oxygens (including phenoxy) is 1. The van der Waals surface area contributed by atoms with E-state index in [-0.39, 0.29) is 11.8 Å². The topological polar surface area (TPSA) is 39.2 Å². The minimum absolute atomic E-state index is 0.165. The van der Waals surface area contributed by atoms with Crippen molar-refractivity contribution in [1.82, 2.24) is 4.98 Å². The van der Waals surface area contributed by atoms with Crippen LogP contribution in [0, 0.1) is 6.92 Å². The van der Waals surface area contributed by atoms with E-state index in [2.05, 4.69) is 4.98 Å². The number of esters is 1. The van der Waals surface area contributed by atoms with Crippen LogP contribution in [0.15, 0.2) is 48.5 Å². The number of carbonyl (C=O) groups is 1. The molecule has 0 aliphatic carbocycles. The van der Waals surface area contributed by atoms with Gasteiger partial charge < -0.3 is 4.74 Å². The smallest absolute Gasteiger partial charge is 0.341 e. The van der Waals surface area contributed by atoms with Crippen LogP contribution in [-0.4, -0.2) is 17.6 Å². The van der Waals surface area contributed by atoms with E-state index in [4.69, 9.17) is 16.3 Å². The molecule has 0 aliphatic heterocycles. The molecular formula is C19H16ClNO2. The van der Waals surface area contributed by atoms with Gasteiger partial charge in [-0.2, -0.15) is 0 Å². The Labute approximate surface area is 139 Å². The third-order valence-corrected chi connectivity index (χ3v) is 3.91. The molecule has 23 heavy (non-hydrogen) atoms. The molecular weight excluding hydrogens is 310 g/mol. The van der Waals surface area contributed by atoms with Gasteiger partial charge in [0.1, 0.15) is 10.7 Å². The van der Waals surface area contributed by atoms with E-state index in [1.165, 1.54) is 0 Å². The van der Waals surface area contributed by atoms with E-state index in [9.17, 15) is 4.79 Å². The first kappa shape index (κ1) is 15.5. The molecule has 2 aromatic carbocycles. The molecule has 0 amide bonds. The molecule has 0 unspecified atom stereocenters. The second-order valence-electron chi connectivity index (χ2n) is 5.26. The van der Waals surface area contributed by atoms with E-state index in [1.807, 2.05) is 55.5 Å². The Bertz CT molecular complexity index is 875. The number of carbonyl (C=O) groups excluding carboxylic acids is 1. The zero-order valence-corrected chi connectivity index (χ0v) is 13.7. The van der Waals surface area contributed by atoms with Gasteiger partial charge in [0.2, 0.25) is 0 Å². The van der Waals surface area contributed by atoms with Crippen molar-refractivity contribution in [2.75, 3.05) is 6.61 Å². The minimum atomic E-state index is -0.452. The second-order valence-corrected chi connectivity index (χ2v) is 5.62. The molecule has 1 aromatic heterocycles. The molecule has 3 aromatic rings. The van der Waals surface area contributed by atoms with E-state index >= 15 is 0 Å². The fourth-order valence-corrected chi connectivity index (χ4v) is 2.90. The van der Waals surface area contributed by atoms with E-state index in [1.54, 1.807) is 6.92 Å². The standard InChI is InChI=1S/C19H16ClNO2/c1-3-23-19(22)17-16(13-7-5-4-6-8-13)14-11-12(2)9-10-15(14)21-18(17)20/h4-11H,3H2,1-2H3. The summed E-state index contributed by atoms with van der Waals surface area (Å²) in [5.74, 6) is -0.452. The van der Waals surface area contributed by atoms with Gasteiger partial charge in [-0.05, 0) is 31.5 Å². The van der Waals surface area contributed by atoms with E-state index in [0.29, 0.717) is 5.56 Å². The number of benzene rings is 2. The Morgan fingerprint density at radius 1 is 1.17 bits per heavy atom. The number of halogens is 1. The number of hydrogen-bond acceptors (Lipinski definition) is 3. The monoisotopic (exact) mass is 325 g/mol. The molecule has 0 saturated carbocycles. The van der Waals surface area contributed by atoms with Crippen molar-refractivity contribution in [2.24, 2.45) is 0 Å². The quantitative estimate of drug-likeness (QED) is 0.500. The van der Waals surface area contributed by atoms with Crippen LogP contribution in [0.2, 0.25) is 5.15 Å². The van der Waals surface area contributed by atoms with E-state index in [0.717, 1.165) is 27.6 Å². The summed E-state index contributed by atoms with van der Waals surface area (Å²) in [7, 11) is 0. The van der Waals surface area contributed by atoms with Gasteiger partial charge in [-0.3, -0.25) is 0 Å². The summed E-state index contributed by atoms with van der Waals surface area (Å²) in [5, 5.41) is 1.06. The van der Waals surface area contributed by atoms with Crippen molar-refractivity contribution in [3.8, 4) is 11.1 Å². The molecule has 116 valence electrons. The van der Waals surface area contributed by atoms with Gasteiger partial charge in [-0.1, -0.05) is 53.6 Å². The number of nitrogens with zero attached hydrogens (tertiary/aromatic N) is 1. The zero-order chi connectivity index (χ0) is 16.4. The predicted molar refractivity (Wildman–Crippen MR) is 92.9 cm³/mol. The van der Waals surface area contributed by atoms with Gasteiger partial charge in [0, 0.05) is 10.9 Å². The Hall–Kier alpha value is -2.39. The Balaban J connectivity index is 2.41. The van der Waals surface area contributed by atoms with Gasteiger partial charge >= 0.3 is 5.97 Å². The Morgan fingerprint density at radius 3 is 2.61 bits per heavy atom. The van der Waals surface area contributed by atoms with Crippen molar-refractivity contribution < 1.29 is 9.53 Å². The SMILES string of the molecule is CCOC(=O)c1c(Cl)nc2ccc(C)cc2c1-c1ccccc1. The molecule has 1 heterocycles. The van der Waals surface area contributed by atoms with Crippen LogP contribution in [0.1, 0.15) is 22.8 Å². The maximum absolute atomic E-state index is 12.4. The van der Waals surface area contributed by atoms with Crippen LogP contribution in [0.4, 0.5) is 0 Å². The normalized spacial score (nSPS) is 10.7. The average molecular weight is 326 g/mol. The van der Waals surface area contributed by atoms with Crippen LogP contribution in [0.25, 0.3) is 22.0 Å². The first-order valence-corrected chi connectivity index (χ1v) is 7.82. The molecule has 4 heteroatoms. The highest BCUT2D eigenvalue weighted by molar-refractivity contribution is 6.34. The number of rotatable bonds is 3. The van der Waals surface area contributed by atoms with Gasteiger partial charge in [0.05, 0.1) is 12.1 Å². The van der Waals surface area contributed by atoms with Crippen LogP contribution < -0.4 is 0 Å². The van der Waals surface area contributed by atoms with Crippen molar-refractivity contribution in [3.05, 3.63) is 64.8 Å². The van der Waals surface area contributed by atoms with E-state index < -0.39 is 5.97 Å². The molecule has 0 fully saturated rings. The lowest BCUT2D eigenvalue weighted by Crippen LogP contribution is -2.09. The molecule has 0 atom stereocenters. The largest absolute Gasteiger partial charge is 0.462 e. The minimum Gasteiger partial charge on any atom is -0.462 e. The fourth-order valence-electron chi connectivity index (χ4n) is 2.64. The summed E-state index contributed by atoms with van der Waals surface area (Å²) < 4.78 is 5.19. The highest BCUT2D eigenvalue weighted by atomic mass is 35.5. The maximum Gasteiger partial charge on any atom is 0.341 e. The molecule has 3 rings (SSSR count). The highest BCUT2D eigenvalue weighted by Gasteiger charge is 2.22. The van der Waals surface area contributed by atoms with Crippen molar-refractivity contribution in [3.63, 3.8) is 0 Å². The molecule has 0 saturated heterocycles. The lowest BCUT2D eigenvalue weighted by Gasteiger charge is -2.14. The summed E-state index contributed by atoms with van der Waals surface area (Å²) >= 11 is 6.32. The van der Waals surface area contributed by atoms with Gasteiger partial charge in [-0.25, -0.2) is 9.78 Å². The van der Waals surface area contributed by atoms with Gasteiger partial charge in [0.15, 0.2) is 0 Å². The summed E-state index contributed by atoms with van der Waals surface area (Å²) in [4.78, 5) is 16.8. The zero-order valence-electron chi connectivity index (χ0n) is 13.0. The average Bonchev–Trinajstić information content (AvgIpc) is 2.55. The summed E-state index contributed by atoms with van der Waals surface area (Å²) in [6, 6.07) is 15.6. The molecule has 0 N–H and O–H groups in total. The fraction of sp³-hybridized carbons (Fsp3) is 0.158. The third kappa shape index (κ3) is 2.92. The second kappa shape index (κ2) is 6.39. The van der Waals surface area contributed by atoms with Crippen LogP contribution >= 0.6 is 11.6 Å². The van der Waals surface area contributed by atoms with Gasteiger partial charge in [-0.15, -0.1) is 0 Å². The summed E-state index contributed by atoms with van der Waals surface area (Å²) in [6.45, 7) is 4.06. The third-order valence-electron chi connectivity index (χ3n) is 3.64. The Morgan fingerprint density at radius 2 is 1.91 bits per heavy atom. The maximum atomic E-state index is 12.4.